The van der Waals surface area contributed by atoms with Crippen molar-refractivity contribution in [2.75, 3.05) is 0 Å². The molecular formula is C16H15N5OS. The second-order valence-electron chi connectivity index (χ2n) is 5.69. The molecule has 0 unspecified atom stereocenters. The molecule has 0 saturated carbocycles. The molecule has 0 aliphatic rings. The van der Waals surface area contributed by atoms with E-state index >= 15 is 0 Å². The maximum Gasteiger partial charge on any atom is 0.258 e. The highest BCUT2D eigenvalue weighted by molar-refractivity contribution is 7.13. The summed E-state index contributed by atoms with van der Waals surface area (Å²) in [5, 5.41) is 14.5. The van der Waals surface area contributed by atoms with E-state index in [0.29, 0.717) is 11.7 Å². The normalized spacial score (nSPS) is 11.7. The summed E-state index contributed by atoms with van der Waals surface area (Å²) in [4.78, 5) is 5.54. The summed E-state index contributed by atoms with van der Waals surface area (Å²) in [6.07, 6.45) is 0. The van der Waals surface area contributed by atoms with Gasteiger partial charge in [0.05, 0.1) is 10.4 Å². The van der Waals surface area contributed by atoms with Crippen LogP contribution in [0.3, 0.4) is 0 Å². The smallest absolute Gasteiger partial charge is 0.258 e. The standard InChI is InChI=1S/C16H15N5OS/c1-9(2)21-13-5-4-11(8-12(13)18-20-21)16-17-15(19-22-16)14-10(3)6-7-23-14/h4-9H,1-3H3. The maximum absolute atomic E-state index is 5.42. The minimum atomic E-state index is 0.266. The summed E-state index contributed by atoms with van der Waals surface area (Å²) in [5.74, 6) is 1.12. The van der Waals surface area contributed by atoms with Gasteiger partial charge in [-0.3, -0.25) is 0 Å². The van der Waals surface area contributed by atoms with E-state index in [9.17, 15) is 0 Å². The van der Waals surface area contributed by atoms with Gasteiger partial charge in [-0.05, 0) is 56.0 Å². The molecule has 0 radical (unpaired) electrons. The molecule has 4 aromatic rings. The van der Waals surface area contributed by atoms with Gasteiger partial charge in [-0.15, -0.1) is 16.4 Å². The number of fused-ring (bicyclic) bond motifs is 1. The molecule has 0 aliphatic carbocycles. The first kappa shape index (κ1) is 14.1. The molecule has 4 rings (SSSR count). The molecule has 1 aromatic carbocycles. The summed E-state index contributed by atoms with van der Waals surface area (Å²) in [6, 6.07) is 8.20. The molecule has 6 nitrogen and oxygen atoms in total. The van der Waals surface area contributed by atoms with Crippen LogP contribution in [0.25, 0.3) is 33.2 Å². The Labute approximate surface area is 136 Å². The number of hydrogen-bond acceptors (Lipinski definition) is 6. The summed E-state index contributed by atoms with van der Waals surface area (Å²) in [6.45, 7) is 6.20. The molecule has 0 amide bonds. The molecule has 7 heteroatoms. The summed E-state index contributed by atoms with van der Waals surface area (Å²) >= 11 is 1.61. The van der Waals surface area contributed by atoms with E-state index in [1.165, 1.54) is 0 Å². The lowest BCUT2D eigenvalue weighted by atomic mass is 10.2. The van der Waals surface area contributed by atoms with Gasteiger partial charge in [0.15, 0.2) is 0 Å². The highest BCUT2D eigenvalue weighted by Crippen LogP contribution is 2.29. The largest absolute Gasteiger partial charge is 0.334 e. The van der Waals surface area contributed by atoms with Crippen LogP contribution < -0.4 is 0 Å². The second kappa shape index (κ2) is 5.27. The first-order valence-electron chi connectivity index (χ1n) is 7.37. The van der Waals surface area contributed by atoms with Crippen LogP contribution in [0.4, 0.5) is 0 Å². The van der Waals surface area contributed by atoms with Crippen molar-refractivity contribution in [2.45, 2.75) is 26.8 Å². The number of nitrogens with zero attached hydrogens (tertiary/aromatic N) is 5. The zero-order valence-electron chi connectivity index (χ0n) is 13.0. The Morgan fingerprint density at radius 1 is 1.22 bits per heavy atom. The number of aromatic nitrogens is 5. The maximum atomic E-state index is 5.42. The number of benzene rings is 1. The third-order valence-electron chi connectivity index (χ3n) is 3.70. The molecule has 0 N–H and O–H groups in total. The zero-order valence-corrected chi connectivity index (χ0v) is 13.8. The number of rotatable bonds is 3. The molecule has 0 spiro atoms. The van der Waals surface area contributed by atoms with Crippen LogP contribution in [0.5, 0.6) is 0 Å². The fourth-order valence-electron chi connectivity index (χ4n) is 2.49. The monoisotopic (exact) mass is 325 g/mol. The molecule has 3 heterocycles. The summed E-state index contributed by atoms with van der Waals surface area (Å²) < 4.78 is 7.32. The van der Waals surface area contributed by atoms with E-state index in [-0.39, 0.29) is 6.04 Å². The van der Waals surface area contributed by atoms with Gasteiger partial charge in [-0.1, -0.05) is 10.4 Å². The van der Waals surface area contributed by atoms with Crippen LogP contribution in [0.15, 0.2) is 34.2 Å². The van der Waals surface area contributed by atoms with Crippen molar-refractivity contribution in [3.8, 4) is 22.2 Å². The van der Waals surface area contributed by atoms with Crippen molar-refractivity contribution in [3.05, 3.63) is 35.2 Å². The van der Waals surface area contributed by atoms with Crippen LogP contribution in [0, 0.1) is 6.92 Å². The van der Waals surface area contributed by atoms with E-state index in [1.54, 1.807) is 11.3 Å². The first-order chi connectivity index (χ1) is 11.1. The molecule has 0 fully saturated rings. The van der Waals surface area contributed by atoms with Gasteiger partial charge in [-0.25, -0.2) is 4.68 Å². The Bertz CT molecular complexity index is 981. The third kappa shape index (κ3) is 2.33. The average Bonchev–Trinajstić information content (AvgIpc) is 3.24. The number of aryl methyl sites for hydroxylation is 1. The lowest BCUT2D eigenvalue weighted by Crippen LogP contribution is -2.02. The van der Waals surface area contributed by atoms with Crippen molar-refractivity contribution >= 4 is 22.4 Å². The molecule has 3 aromatic heterocycles. The predicted octanol–water partition coefficient (Wildman–Crippen LogP) is 4.10. The van der Waals surface area contributed by atoms with Crippen molar-refractivity contribution in [1.29, 1.82) is 0 Å². The Balaban J connectivity index is 1.75. The zero-order chi connectivity index (χ0) is 16.0. The third-order valence-corrected chi connectivity index (χ3v) is 4.71. The van der Waals surface area contributed by atoms with Gasteiger partial charge in [0, 0.05) is 11.6 Å². The highest BCUT2D eigenvalue weighted by Gasteiger charge is 2.15. The SMILES string of the molecule is Cc1ccsc1-c1noc(-c2ccc3c(c2)nnn3C(C)C)n1. The molecular weight excluding hydrogens is 310 g/mol. The molecule has 116 valence electrons. The Morgan fingerprint density at radius 2 is 2.09 bits per heavy atom. The fraction of sp³-hybridized carbons (Fsp3) is 0.250. The van der Waals surface area contributed by atoms with Gasteiger partial charge < -0.3 is 4.52 Å². The van der Waals surface area contributed by atoms with Crippen molar-refractivity contribution in [1.82, 2.24) is 25.1 Å². The van der Waals surface area contributed by atoms with E-state index < -0.39 is 0 Å². The van der Waals surface area contributed by atoms with Gasteiger partial charge in [0.25, 0.3) is 5.89 Å². The van der Waals surface area contributed by atoms with E-state index in [1.807, 2.05) is 41.3 Å². The summed E-state index contributed by atoms with van der Waals surface area (Å²) in [5.41, 5.74) is 3.82. The van der Waals surface area contributed by atoms with E-state index in [2.05, 4.69) is 34.3 Å². The van der Waals surface area contributed by atoms with Crippen molar-refractivity contribution < 1.29 is 4.52 Å². The van der Waals surface area contributed by atoms with E-state index in [4.69, 9.17) is 4.52 Å². The number of thiophene rings is 1. The first-order valence-corrected chi connectivity index (χ1v) is 8.25. The quantitative estimate of drug-likeness (QED) is 0.567. The van der Waals surface area contributed by atoms with Crippen LogP contribution in [0.1, 0.15) is 25.5 Å². The molecule has 23 heavy (non-hydrogen) atoms. The molecule has 0 atom stereocenters. The van der Waals surface area contributed by atoms with Gasteiger partial charge in [-0.2, -0.15) is 4.98 Å². The van der Waals surface area contributed by atoms with Gasteiger partial charge in [0.1, 0.15) is 5.52 Å². The van der Waals surface area contributed by atoms with E-state index in [0.717, 1.165) is 27.0 Å². The highest BCUT2D eigenvalue weighted by atomic mass is 32.1. The Hall–Kier alpha value is -2.54. The van der Waals surface area contributed by atoms with Crippen molar-refractivity contribution in [3.63, 3.8) is 0 Å². The van der Waals surface area contributed by atoms with Crippen molar-refractivity contribution in [2.24, 2.45) is 0 Å². The average molecular weight is 325 g/mol. The topological polar surface area (TPSA) is 69.6 Å². The fourth-order valence-corrected chi connectivity index (χ4v) is 3.34. The van der Waals surface area contributed by atoms with Gasteiger partial charge >= 0.3 is 0 Å². The second-order valence-corrected chi connectivity index (χ2v) is 6.60. The van der Waals surface area contributed by atoms with Crippen LogP contribution in [0.2, 0.25) is 0 Å². The number of hydrogen-bond donors (Lipinski definition) is 0. The molecule has 0 bridgehead atoms. The minimum Gasteiger partial charge on any atom is -0.334 e. The molecule has 0 aliphatic heterocycles. The van der Waals surface area contributed by atoms with Crippen LogP contribution >= 0.6 is 11.3 Å². The summed E-state index contributed by atoms with van der Waals surface area (Å²) in [7, 11) is 0. The van der Waals surface area contributed by atoms with Crippen LogP contribution in [-0.2, 0) is 0 Å². The lowest BCUT2D eigenvalue weighted by molar-refractivity contribution is 0.432. The minimum absolute atomic E-state index is 0.266. The lowest BCUT2D eigenvalue weighted by Gasteiger charge is -2.04. The van der Waals surface area contributed by atoms with Gasteiger partial charge in [0.2, 0.25) is 5.82 Å². The predicted molar refractivity (Wildman–Crippen MR) is 89.3 cm³/mol. The Morgan fingerprint density at radius 3 is 2.83 bits per heavy atom. The Kier molecular flexibility index (Phi) is 3.23. The van der Waals surface area contributed by atoms with Crippen LogP contribution in [-0.4, -0.2) is 25.1 Å². The molecule has 0 saturated heterocycles.